The van der Waals surface area contributed by atoms with Gasteiger partial charge in [-0.25, -0.2) is 9.18 Å². The van der Waals surface area contributed by atoms with E-state index in [2.05, 4.69) is 15.0 Å². The average molecular weight is 374 g/mol. The lowest BCUT2D eigenvalue weighted by atomic mass is 9.83. The number of rotatable bonds is 2. The highest BCUT2D eigenvalue weighted by Gasteiger charge is 2.39. The summed E-state index contributed by atoms with van der Waals surface area (Å²) in [6.45, 7) is 5.99. The third-order valence-corrected chi connectivity index (χ3v) is 4.40. The average Bonchev–Trinajstić information content (AvgIpc) is 2.61. The van der Waals surface area contributed by atoms with Crippen molar-refractivity contribution >= 4 is 6.09 Å². The third-order valence-electron chi connectivity index (χ3n) is 4.40. The number of carbonyl (C=O) groups is 1. The molecule has 0 radical (unpaired) electrons. The maximum Gasteiger partial charge on any atom is 0.410 e. The second kappa shape index (κ2) is 7.19. The standard InChI is InChI=1S/C19H23FN4O3/c1-18(2,3)27-17(25)24-8-4-19(26,5-9-24)14-10-13(20)11-23-16(14)15-12-21-6-7-22-15/h6-7,10-12,26H,4-5,8-9H2,1-3H3. The van der Waals surface area contributed by atoms with Crippen LogP contribution in [0.1, 0.15) is 39.2 Å². The Kier molecular flexibility index (Phi) is 5.10. The molecule has 2 aromatic rings. The molecule has 8 heteroatoms. The smallest absolute Gasteiger partial charge is 0.410 e. The van der Waals surface area contributed by atoms with Gasteiger partial charge in [0, 0.05) is 31.0 Å². The molecule has 1 aliphatic rings. The van der Waals surface area contributed by atoms with Crippen molar-refractivity contribution in [1.29, 1.82) is 0 Å². The van der Waals surface area contributed by atoms with Gasteiger partial charge in [0.25, 0.3) is 0 Å². The second-order valence-electron chi connectivity index (χ2n) is 7.64. The number of nitrogens with zero attached hydrogens (tertiary/aromatic N) is 4. The minimum absolute atomic E-state index is 0.241. The van der Waals surface area contributed by atoms with Crippen LogP contribution >= 0.6 is 0 Å². The van der Waals surface area contributed by atoms with Gasteiger partial charge in [0.15, 0.2) is 0 Å². The van der Waals surface area contributed by atoms with E-state index in [1.54, 1.807) is 25.7 Å². The number of hydrogen-bond acceptors (Lipinski definition) is 6. The Hall–Kier alpha value is -2.61. The normalized spacial score (nSPS) is 16.9. The Bertz CT molecular complexity index is 815. The number of hydrogen-bond donors (Lipinski definition) is 1. The molecule has 3 rings (SSSR count). The first-order chi connectivity index (χ1) is 12.7. The van der Waals surface area contributed by atoms with Crippen molar-refractivity contribution in [1.82, 2.24) is 19.9 Å². The van der Waals surface area contributed by atoms with Gasteiger partial charge < -0.3 is 14.7 Å². The van der Waals surface area contributed by atoms with Crippen molar-refractivity contribution in [3.8, 4) is 11.4 Å². The van der Waals surface area contributed by atoms with Crippen molar-refractivity contribution in [2.24, 2.45) is 0 Å². The summed E-state index contributed by atoms with van der Waals surface area (Å²) in [5.74, 6) is -0.541. The largest absolute Gasteiger partial charge is 0.444 e. The van der Waals surface area contributed by atoms with Crippen LogP contribution in [-0.4, -0.2) is 49.7 Å². The van der Waals surface area contributed by atoms with E-state index in [0.717, 1.165) is 6.20 Å². The number of halogens is 1. The van der Waals surface area contributed by atoms with E-state index in [1.807, 2.05) is 0 Å². The van der Waals surface area contributed by atoms with E-state index in [-0.39, 0.29) is 12.8 Å². The molecule has 0 bridgehead atoms. The van der Waals surface area contributed by atoms with Gasteiger partial charge in [-0.05, 0) is 39.7 Å². The van der Waals surface area contributed by atoms with E-state index < -0.39 is 23.1 Å². The highest BCUT2D eigenvalue weighted by Crippen LogP contribution is 2.37. The number of likely N-dealkylation sites (tertiary alicyclic amines) is 1. The number of amides is 1. The molecule has 1 fully saturated rings. The quantitative estimate of drug-likeness (QED) is 0.870. The zero-order valence-electron chi connectivity index (χ0n) is 15.6. The fourth-order valence-corrected chi connectivity index (χ4v) is 3.07. The van der Waals surface area contributed by atoms with E-state index in [1.165, 1.54) is 24.7 Å². The predicted molar refractivity (Wildman–Crippen MR) is 96.2 cm³/mol. The molecule has 0 spiro atoms. The van der Waals surface area contributed by atoms with Gasteiger partial charge >= 0.3 is 6.09 Å². The molecule has 0 saturated carbocycles. The molecule has 0 atom stereocenters. The lowest BCUT2D eigenvalue weighted by Crippen LogP contribution is -2.47. The maximum absolute atomic E-state index is 13.9. The van der Waals surface area contributed by atoms with Crippen LogP contribution < -0.4 is 0 Å². The van der Waals surface area contributed by atoms with Gasteiger partial charge in [0.2, 0.25) is 0 Å². The molecule has 1 aliphatic heterocycles. The topological polar surface area (TPSA) is 88.4 Å². The minimum atomic E-state index is -1.32. The SMILES string of the molecule is CC(C)(C)OC(=O)N1CCC(O)(c2cc(F)cnc2-c2cnccn2)CC1. The molecule has 27 heavy (non-hydrogen) atoms. The van der Waals surface area contributed by atoms with Crippen molar-refractivity contribution in [3.63, 3.8) is 0 Å². The van der Waals surface area contributed by atoms with Gasteiger partial charge in [-0.1, -0.05) is 0 Å². The van der Waals surface area contributed by atoms with Crippen LogP contribution in [0.2, 0.25) is 0 Å². The lowest BCUT2D eigenvalue weighted by molar-refractivity contribution is -0.0356. The molecule has 1 N–H and O–H groups in total. The van der Waals surface area contributed by atoms with Crippen molar-refractivity contribution in [3.05, 3.63) is 42.2 Å². The van der Waals surface area contributed by atoms with Gasteiger partial charge in [0.1, 0.15) is 17.1 Å². The summed E-state index contributed by atoms with van der Waals surface area (Å²) in [7, 11) is 0. The van der Waals surface area contributed by atoms with E-state index >= 15 is 0 Å². The highest BCUT2D eigenvalue weighted by molar-refractivity contribution is 5.68. The molecule has 0 aromatic carbocycles. The molecular weight excluding hydrogens is 351 g/mol. The van der Waals surface area contributed by atoms with Gasteiger partial charge in [-0.3, -0.25) is 15.0 Å². The number of carbonyl (C=O) groups excluding carboxylic acids is 1. The summed E-state index contributed by atoms with van der Waals surface area (Å²) in [4.78, 5) is 26.1. The van der Waals surface area contributed by atoms with Crippen molar-refractivity contribution < 1.29 is 19.0 Å². The summed E-state index contributed by atoms with van der Waals surface area (Å²) in [6, 6.07) is 1.28. The summed E-state index contributed by atoms with van der Waals surface area (Å²) >= 11 is 0. The predicted octanol–water partition coefficient (Wildman–Crippen LogP) is 2.90. The first-order valence-corrected chi connectivity index (χ1v) is 8.81. The first-order valence-electron chi connectivity index (χ1n) is 8.81. The Balaban J connectivity index is 1.84. The summed E-state index contributed by atoms with van der Waals surface area (Å²) in [5, 5.41) is 11.2. The Morgan fingerprint density at radius 2 is 1.93 bits per heavy atom. The number of aromatic nitrogens is 3. The number of piperidine rings is 1. The van der Waals surface area contributed by atoms with E-state index in [4.69, 9.17) is 4.74 Å². The Morgan fingerprint density at radius 1 is 1.22 bits per heavy atom. The Labute approximate surface area is 157 Å². The molecule has 3 heterocycles. The van der Waals surface area contributed by atoms with E-state index in [9.17, 15) is 14.3 Å². The molecule has 7 nitrogen and oxygen atoms in total. The van der Waals surface area contributed by atoms with Crippen molar-refractivity contribution in [2.45, 2.75) is 44.8 Å². The number of ether oxygens (including phenoxy) is 1. The molecule has 1 amide bonds. The summed E-state index contributed by atoms with van der Waals surface area (Å²) < 4.78 is 19.3. The molecular formula is C19H23FN4O3. The fraction of sp³-hybridized carbons (Fsp3) is 0.474. The van der Waals surface area contributed by atoms with Crippen LogP contribution in [0.15, 0.2) is 30.9 Å². The number of aliphatic hydroxyl groups is 1. The zero-order valence-corrected chi connectivity index (χ0v) is 15.6. The summed E-state index contributed by atoms with van der Waals surface area (Å²) in [6.07, 6.45) is 5.71. The fourth-order valence-electron chi connectivity index (χ4n) is 3.07. The van der Waals surface area contributed by atoms with Crippen molar-refractivity contribution in [2.75, 3.05) is 13.1 Å². The minimum Gasteiger partial charge on any atom is -0.444 e. The van der Waals surface area contributed by atoms with Crippen LogP contribution in [0, 0.1) is 5.82 Å². The third kappa shape index (κ3) is 4.39. The number of pyridine rings is 1. The monoisotopic (exact) mass is 374 g/mol. The zero-order chi connectivity index (χ0) is 19.7. The van der Waals surface area contributed by atoms with Crippen LogP contribution in [-0.2, 0) is 10.3 Å². The van der Waals surface area contributed by atoms with Gasteiger partial charge in [-0.2, -0.15) is 0 Å². The second-order valence-corrected chi connectivity index (χ2v) is 7.64. The molecule has 2 aromatic heterocycles. The molecule has 144 valence electrons. The lowest BCUT2D eigenvalue weighted by Gasteiger charge is -2.39. The summed E-state index contributed by atoms with van der Waals surface area (Å²) in [5.41, 5.74) is -0.711. The molecule has 0 aliphatic carbocycles. The van der Waals surface area contributed by atoms with Crippen LogP contribution in [0.25, 0.3) is 11.4 Å². The highest BCUT2D eigenvalue weighted by atomic mass is 19.1. The van der Waals surface area contributed by atoms with Crippen LogP contribution in [0.5, 0.6) is 0 Å². The van der Waals surface area contributed by atoms with Crippen LogP contribution in [0.3, 0.4) is 0 Å². The van der Waals surface area contributed by atoms with Gasteiger partial charge in [-0.15, -0.1) is 0 Å². The molecule has 1 saturated heterocycles. The van der Waals surface area contributed by atoms with Gasteiger partial charge in [0.05, 0.1) is 23.7 Å². The van der Waals surface area contributed by atoms with E-state index in [0.29, 0.717) is 30.0 Å². The first kappa shape index (κ1) is 19.2. The maximum atomic E-state index is 13.9. The van der Waals surface area contributed by atoms with Crippen LogP contribution in [0.4, 0.5) is 9.18 Å². The molecule has 0 unspecified atom stereocenters. The Morgan fingerprint density at radius 3 is 2.52 bits per heavy atom.